The Morgan fingerprint density at radius 2 is 1.71 bits per heavy atom. The summed E-state index contributed by atoms with van der Waals surface area (Å²) in [6.07, 6.45) is 2.49. The molecule has 1 fully saturated rings. The van der Waals surface area contributed by atoms with Crippen LogP contribution >= 0.6 is 0 Å². The highest BCUT2D eigenvalue weighted by atomic mass is 16.4. The van der Waals surface area contributed by atoms with Gasteiger partial charge in [-0.25, -0.2) is 0 Å². The number of aliphatic carboxylic acids is 1. The number of fused-ring (bicyclic) bond motifs is 1. The van der Waals surface area contributed by atoms with Crippen molar-refractivity contribution in [2.24, 2.45) is 28.1 Å². The molecule has 0 bridgehead atoms. The fourth-order valence-corrected chi connectivity index (χ4v) is 5.81. The highest BCUT2D eigenvalue weighted by Crippen LogP contribution is 2.22. The van der Waals surface area contributed by atoms with E-state index >= 15 is 0 Å². The summed E-state index contributed by atoms with van der Waals surface area (Å²) >= 11 is 0. The standard InChI is InChI=1S/C34H45N7O7/c1-2-29(43)39-25(14-15-30(44)45)33(48)41-17-6-5-11-27(41)32(47)40-26(19-21-12-13-22-8-3-4-9-23(22)18-21)28(42)20-24(31(35)46)10-7-16-38-34(36)37/h2-4,8-9,12-13,18,24-27H,1,5-7,10-11,14-17,19-20H2,(H2,35,46)(H,39,43)(H,40,47)(H,44,45)(H4,36,37,38)/t24-,25+,26+,27+/m1/s1. The number of Topliss-reactive ketones (excluding diaryl/α,β-unsaturated/α-hetero) is 1. The number of hydrogen-bond acceptors (Lipinski definition) is 7. The molecular weight excluding hydrogens is 618 g/mol. The number of hydrogen-bond donors (Lipinski definition) is 6. The van der Waals surface area contributed by atoms with E-state index in [2.05, 4.69) is 22.2 Å². The first-order valence-electron chi connectivity index (χ1n) is 16.0. The number of primary amides is 1. The molecule has 0 spiro atoms. The average molecular weight is 664 g/mol. The lowest BCUT2D eigenvalue weighted by molar-refractivity contribution is -0.146. The van der Waals surface area contributed by atoms with Crippen LogP contribution in [-0.4, -0.2) is 82.6 Å². The predicted octanol–water partition coefficient (Wildman–Crippen LogP) is 0.898. The SMILES string of the molecule is C=CC(=O)N[C@@H](CCC(=O)O)C(=O)N1CCCC[C@H]1C(=O)N[C@@H](Cc1ccc2ccccc2c1)C(=O)C[C@@H](CCCN=C(N)N)C(N)=O. The molecule has 2 aromatic carbocycles. The van der Waals surface area contributed by atoms with E-state index in [1.165, 1.54) is 4.90 Å². The molecule has 1 aliphatic heterocycles. The maximum absolute atomic E-state index is 13.9. The second kappa shape index (κ2) is 18.2. The molecule has 258 valence electrons. The minimum Gasteiger partial charge on any atom is -0.481 e. The predicted molar refractivity (Wildman–Crippen MR) is 180 cm³/mol. The third kappa shape index (κ3) is 11.2. The zero-order valence-corrected chi connectivity index (χ0v) is 26.9. The molecule has 0 saturated carbocycles. The van der Waals surface area contributed by atoms with Gasteiger partial charge in [0, 0.05) is 31.8 Å². The van der Waals surface area contributed by atoms with Crippen molar-refractivity contribution in [1.29, 1.82) is 0 Å². The molecule has 14 nitrogen and oxygen atoms in total. The van der Waals surface area contributed by atoms with Gasteiger partial charge in [-0.2, -0.15) is 0 Å². The molecule has 1 aliphatic rings. The number of piperidine rings is 1. The average Bonchev–Trinajstić information content (AvgIpc) is 3.06. The lowest BCUT2D eigenvalue weighted by Crippen LogP contribution is -2.59. The van der Waals surface area contributed by atoms with E-state index in [9.17, 15) is 33.9 Å². The van der Waals surface area contributed by atoms with E-state index in [0.29, 0.717) is 25.7 Å². The molecule has 0 aliphatic carbocycles. The molecule has 0 radical (unpaired) electrons. The molecule has 1 saturated heterocycles. The van der Waals surface area contributed by atoms with Gasteiger partial charge in [0.2, 0.25) is 23.6 Å². The fourth-order valence-electron chi connectivity index (χ4n) is 5.81. The Morgan fingerprint density at radius 1 is 0.979 bits per heavy atom. The molecule has 4 amide bonds. The zero-order chi connectivity index (χ0) is 35.2. The number of guanidine groups is 1. The number of nitrogens with two attached hydrogens (primary N) is 3. The number of benzene rings is 2. The van der Waals surface area contributed by atoms with Gasteiger partial charge < -0.3 is 37.8 Å². The molecule has 2 aromatic rings. The van der Waals surface area contributed by atoms with Crippen molar-refractivity contribution in [2.45, 2.75) is 75.9 Å². The third-order valence-electron chi connectivity index (χ3n) is 8.35. The van der Waals surface area contributed by atoms with Gasteiger partial charge in [0.25, 0.3) is 0 Å². The molecule has 48 heavy (non-hydrogen) atoms. The van der Waals surface area contributed by atoms with Crippen molar-refractivity contribution in [3.05, 3.63) is 60.7 Å². The van der Waals surface area contributed by atoms with Crippen molar-refractivity contribution < 1.29 is 33.9 Å². The van der Waals surface area contributed by atoms with Crippen molar-refractivity contribution in [3.8, 4) is 0 Å². The number of aliphatic imine (C=N–C) groups is 1. The highest BCUT2D eigenvalue weighted by molar-refractivity contribution is 5.97. The molecular formula is C34H45N7O7. The van der Waals surface area contributed by atoms with Crippen LogP contribution in [0.5, 0.6) is 0 Å². The van der Waals surface area contributed by atoms with Crippen LogP contribution in [-0.2, 0) is 35.2 Å². The summed E-state index contributed by atoms with van der Waals surface area (Å²) in [5, 5.41) is 16.5. The second-order valence-electron chi connectivity index (χ2n) is 11.9. The van der Waals surface area contributed by atoms with E-state index < -0.39 is 59.4 Å². The van der Waals surface area contributed by atoms with Crippen LogP contribution < -0.4 is 27.8 Å². The lowest BCUT2D eigenvalue weighted by atomic mass is 9.90. The van der Waals surface area contributed by atoms with Gasteiger partial charge >= 0.3 is 5.97 Å². The number of nitrogens with one attached hydrogen (secondary N) is 2. The number of ketones is 1. The van der Waals surface area contributed by atoms with E-state index in [4.69, 9.17) is 17.2 Å². The molecule has 14 heteroatoms. The van der Waals surface area contributed by atoms with E-state index in [1.54, 1.807) is 0 Å². The second-order valence-corrected chi connectivity index (χ2v) is 11.9. The van der Waals surface area contributed by atoms with Crippen molar-refractivity contribution >= 4 is 52.1 Å². The minimum absolute atomic E-state index is 0.0913. The van der Waals surface area contributed by atoms with Crippen LogP contribution in [0.1, 0.15) is 56.9 Å². The number of nitrogens with zero attached hydrogens (tertiary/aromatic N) is 2. The first-order valence-corrected chi connectivity index (χ1v) is 16.0. The van der Waals surface area contributed by atoms with Gasteiger partial charge in [-0.15, -0.1) is 0 Å². The fraction of sp³-hybridized carbons (Fsp3) is 0.441. The number of likely N-dealkylation sites (tertiary alicyclic amines) is 1. The normalized spacial score (nSPS) is 16.2. The minimum atomic E-state index is -1.19. The number of carbonyl (C=O) groups excluding carboxylic acids is 5. The number of carboxylic acids is 1. The monoisotopic (exact) mass is 663 g/mol. The first-order chi connectivity index (χ1) is 22.9. The van der Waals surface area contributed by atoms with Crippen LogP contribution in [0.25, 0.3) is 10.8 Å². The molecule has 1 heterocycles. The smallest absolute Gasteiger partial charge is 0.303 e. The van der Waals surface area contributed by atoms with Crippen LogP contribution in [0, 0.1) is 5.92 Å². The van der Waals surface area contributed by atoms with Gasteiger partial charge in [0.1, 0.15) is 12.1 Å². The van der Waals surface area contributed by atoms with Gasteiger partial charge in [-0.1, -0.05) is 49.0 Å². The number of rotatable bonds is 18. The Morgan fingerprint density at radius 3 is 2.38 bits per heavy atom. The lowest BCUT2D eigenvalue weighted by Gasteiger charge is -2.37. The maximum Gasteiger partial charge on any atom is 0.303 e. The summed E-state index contributed by atoms with van der Waals surface area (Å²) in [5.74, 6) is -4.95. The molecule has 4 atom stereocenters. The maximum atomic E-state index is 13.9. The zero-order valence-electron chi connectivity index (χ0n) is 26.9. The Bertz CT molecular complexity index is 1540. The summed E-state index contributed by atoms with van der Waals surface area (Å²) < 4.78 is 0. The van der Waals surface area contributed by atoms with Gasteiger partial charge in [-0.05, 0) is 67.4 Å². The Hall–Kier alpha value is -5.27. The van der Waals surface area contributed by atoms with Crippen molar-refractivity contribution in [3.63, 3.8) is 0 Å². The summed E-state index contributed by atoms with van der Waals surface area (Å²) in [6.45, 7) is 3.84. The van der Waals surface area contributed by atoms with Crippen molar-refractivity contribution in [1.82, 2.24) is 15.5 Å². The third-order valence-corrected chi connectivity index (χ3v) is 8.35. The number of carboxylic acid groups (broad SMARTS) is 1. The summed E-state index contributed by atoms with van der Waals surface area (Å²) in [4.78, 5) is 82.3. The van der Waals surface area contributed by atoms with Gasteiger partial charge in [0.05, 0.1) is 6.04 Å². The molecule has 0 unspecified atom stereocenters. The summed E-state index contributed by atoms with van der Waals surface area (Å²) in [5.41, 5.74) is 17.2. The van der Waals surface area contributed by atoms with E-state index in [-0.39, 0.29) is 51.2 Å². The molecule has 3 rings (SSSR count). The Kier molecular flexibility index (Phi) is 14.1. The number of amides is 4. The Balaban J connectivity index is 1.86. The largest absolute Gasteiger partial charge is 0.481 e. The van der Waals surface area contributed by atoms with Crippen LogP contribution in [0.15, 0.2) is 60.1 Å². The van der Waals surface area contributed by atoms with Gasteiger partial charge in [0.15, 0.2) is 11.7 Å². The highest BCUT2D eigenvalue weighted by Gasteiger charge is 2.37. The first kappa shape index (κ1) is 37.2. The summed E-state index contributed by atoms with van der Waals surface area (Å²) in [6, 6.07) is 10.2. The quantitative estimate of drug-likeness (QED) is 0.0574. The molecule has 9 N–H and O–H groups in total. The van der Waals surface area contributed by atoms with E-state index in [1.807, 2.05) is 42.5 Å². The van der Waals surface area contributed by atoms with Gasteiger partial charge in [-0.3, -0.25) is 33.8 Å². The van der Waals surface area contributed by atoms with Crippen molar-refractivity contribution in [2.75, 3.05) is 13.1 Å². The topological polar surface area (TPSA) is 240 Å². The van der Waals surface area contributed by atoms with Crippen LogP contribution in [0.3, 0.4) is 0 Å². The van der Waals surface area contributed by atoms with Crippen LogP contribution in [0.4, 0.5) is 0 Å². The Labute approximate surface area is 279 Å². The molecule has 0 aromatic heterocycles. The summed E-state index contributed by atoms with van der Waals surface area (Å²) in [7, 11) is 0. The number of carbonyl (C=O) groups is 6. The van der Waals surface area contributed by atoms with E-state index in [0.717, 1.165) is 22.4 Å². The van der Waals surface area contributed by atoms with Crippen LogP contribution in [0.2, 0.25) is 0 Å².